The highest BCUT2D eigenvalue weighted by molar-refractivity contribution is 7.99. The number of nitrogens with one attached hydrogen (secondary N) is 2. The molecule has 3 rings (SSSR count). The van der Waals surface area contributed by atoms with Crippen LogP contribution < -0.4 is 5.32 Å². The van der Waals surface area contributed by atoms with Crippen molar-refractivity contribution in [2.45, 2.75) is 32.6 Å². The maximum atomic E-state index is 12.4. The highest BCUT2D eigenvalue weighted by Crippen LogP contribution is 2.22. The van der Waals surface area contributed by atoms with Gasteiger partial charge in [-0.3, -0.25) is 4.79 Å². The van der Waals surface area contributed by atoms with Gasteiger partial charge in [0, 0.05) is 5.75 Å². The van der Waals surface area contributed by atoms with Gasteiger partial charge in [0.1, 0.15) is 5.82 Å². The molecule has 2 aromatic carbocycles. The molecule has 3 aromatic rings. The van der Waals surface area contributed by atoms with Crippen LogP contribution in [0.25, 0.3) is 11.0 Å². The van der Waals surface area contributed by atoms with E-state index in [0.717, 1.165) is 22.6 Å². The van der Waals surface area contributed by atoms with Crippen LogP contribution in [0.2, 0.25) is 0 Å². The van der Waals surface area contributed by atoms with E-state index in [9.17, 15) is 4.79 Å². The minimum atomic E-state index is -0.116. The van der Waals surface area contributed by atoms with Crippen molar-refractivity contribution < 1.29 is 4.79 Å². The second-order valence-corrected chi connectivity index (χ2v) is 7.89. The molecule has 1 heterocycles. The number of H-pyrrole nitrogens is 1. The Morgan fingerprint density at radius 1 is 1.15 bits per heavy atom. The second-order valence-electron chi connectivity index (χ2n) is 6.91. The number of rotatable bonds is 7. The predicted octanol–water partition coefficient (Wildman–Crippen LogP) is 4.62. The number of thioether (sulfide) groups is 1. The zero-order valence-corrected chi connectivity index (χ0v) is 16.3. The van der Waals surface area contributed by atoms with E-state index in [1.54, 1.807) is 11.8 Å². The van der Waals surface area contributed by atoms with Crippen LogP contribution in [0.3, 0.4) is 0 Å². The van der Waals surface area contributed by atoms with E-state index in [0.29, 0.717) is 5.75 Å². The van der Waals surface area contributed by atoms with Gasteiger partial charge >= 0.3 is 0 Å². The maximum Gasteiger partial charge on any atom is 0.230 e. The summed E-state index contributed by atoms with van der Waals surface area (Å²) >= 11 is 1.63. The van der Waals surface area contributed by atoms with Crippen LogP contribution in [0.5, 0.6) is 0 Å². The van der Waals surface area contributed by atoms with Crippen LogP contribution in [0.4, 0.5) is 0 Å². The molecule has 26 heavy (non-hydrogen) atoms. The standard InChI is InChI=1S/C21H25N3OS/c1-14(2)20(21-22-17-6-4-5-7-18(17)23-21)24-19(25)13-26-12-16-10-8-15(3)9-11-16/h4-11,14,20H,12-13H2,1-3H3,(H,22,23)(H,24,25). The molecule has 1 atom stereocenters. The summed E-state index contributed by atoms with van der Waals surface area (Å²) in [7, 11) is 0. The van der Waals surface area contributed by atoms with Gasteiger partial charge in [-0.05, 0) is 30.5 Å². The molecule has 136 valence electrons. The number of hydrogen-bond acceptors (Lipinski definition) is 3. The van der Waals surface area contributed by atoms with Gasteiger partial charge in [0.25, 0.3) is 0 Å². The average molecular weight is 368 g/mol. The fourth-order valence-electron chi connectivity index (χ4n) is 2.83. The molecule has 0 saturated carbocycles. The summed E-state index contributed by atoms with van der Waals surface area (Å²) in [4.78, 5) is 20.4. The molecule has 4 nitrogen and oxygen atoms in total. The Labute approximate surface area is 158 Å². The molecule has 0 spiro atoms. The summed E-state index contributed by atoms with van der Waals surface area (Å²) in [6.07, 6.45) is 0. The Morgan fingerprint density at radius 3 is 2.58 bits per heavy atom. The molecule has 1 aromatic heterocycles. The topological polar surface area (TPSA) is 57.8 Å². The van der Waals surface area contributed by atoms with Crippen molar-refractivity contribution in [3.05, 3.63) is 65.5 Å². The van der Waals surface area contributed by atoms with Gasteiger partial charge in [-0.25, -0.2) is 4.98 Å². The Bertz CT molecular complexity index is 837. The SMILES string of the molecule is Cc1ccc(CSCC(=O)NC(c2nc3ccccc3[nH]2)C(C)C)cc1. The Hall–Kier alpha value is -2.27. The monoisotopic (exact) mass is 367 g/mol. The van der Waals surface area contributed by atoms with Crippen molar-refractivity contribution in [2.75, 3.05) is 5.75 Å². The van der Waals surface area contributed by atoms with Gasteiger partial charge in [-0.2, -0.15) is 0 Å². The molecular formula is C21H25N3OS. The van der Waals surface area contributed by atoms with Crippen LogP contribution in [-0.2, 0) is 10.5 Å². The number of fused-ring (bicyclic) bond motifs is 1. The minimum Gasteiger partial charge on any atom is -0.345 e. The molecule has 0 saturated heterocycles. The Balaban J connectivity index is 1.58. The molecule has 0 aliphatic heterocycles. The molecular weight excluding hydrogens is 342 g/mol. The second kappa shape index (κ2) is 8.41. The quantitative estimate of drug-likeness (QED) is 0.641. The van der Waals surface area contributed by atoms with E-state index in [2.05, 4.69) is 60.3 Å². The first kappa shape index (κ1) is 18.5. The number of amides is 1. The largest absolute Gasteiger partial charge is 0.345 e. The first-order chi connectivity index (χ1) is 12.5. The molecule has 5 heteroatoms. The van der Waals surface area contributed by atoms with Crippen LogP contribution in [-0.4, -0.2) is 21.6 Å². The summed E-state index contributed by atoms with van der Waals surface area (Å²) in [6.45, 7) is 6.27. The molecule has 2 N–H and O–H groups in total. The molecule has 1 amide bonds. The number of hydrogen-bond donors (Lipinski definition) is 2. The summed E-state index contributed by atoms with van der Waals surface area (Å²) in [5.41, 5.74) is 4.42. The number of imidazole rings is 1. The number of nitrogens with zero attached hydrogens (tertiary/aromatic N) is 1. The lowest BCUT2D eigenvalue weighted by Gasteiger charge is -2.20. The highest BCUT2D eigenvalue weighted by atomic mass is 32.2. The number of para-hydroxylation sites is 2. The average Bonchev–Trinajstić information content (AvgIpc) is 3.05. The van der Waals surface area contributed by atoms with E-state index in [4.69, 9.17) is 0 Å². The third kappa shape index (κ3) is 4.67. The van der Waals surface area contributed by atoms with E-state index in [1.807, 2.05) is 24.3 Å². The number of carbonyl (C=O) groups excluding carboxylic acids is 1. The van der Waals surface area contributed by atoms with Crippen molar-refractivity contribution in [3.8, 4) is 0 Å². The lowest BCUT2D eigenvalue weighted by Crippen LogP contribution is -2.33. The smallest absolute Gasteiger partial charge is 0.230 e. The third-order valence-electron chi connectivity index (χ3n) is 4.31. The van der Waals surface area contributed by atoms with Gasteiger partial charge in [0.2, 0.25) is 5.91 Å². The van der Waals surface area contributed by atoms with Crippen molar-refractivity contribution >= 4 is 28.7 Å². The van der Waals surface area contributed by atoms with E-state index >= 15 is 0 Å². The van der Waals surface area contributed by atoms with Gasteiger partial charge in [0.15, 0.2) is 0 Å². The first-order valence-electron chi connectivity index (χ1n) is 8.90. The molecule has 1 unspecified atom stereocenters. The lowest BCUT2D eigenvalue weighted by atomic mass is 10.0. The van der Waals surface area contributed by atoms with Crippen LogP contribution in [0.1, 0.15) is 36.8 Å². The van der Waals surface area contributed by atoms with E-state index in [1.165, 1.54) is 11.1 Å². The Morgan fingerprint density at radius 2 is 1.88 bits per heavy atom. The summed E-state index contributed by atoms with van der Waals surface area (Å²) in [5, 5.41) is 3.14. The maximum absolute atomic E-state index is 12.4. The lowest BCUT2D eigenvalue weighted by molar-refractivity contribution is -0.119. The van der Waals surface area contributed by atoms with Crippen LogP contribution >= 0.6 is 11.8 Å². The molecule has 0 radical (unpaired) electrons. The number of carbonyl (C=O) groups is 1. The molecule has 0 aliphatic rings. The summed E-state index contributed by atoms with van der Waals surface area (Å²) in [5.74, 6) is 2.39. The van der Waals surface area contributed by atoms with Crippen molar-refractivity contribution in [1.82, 2.24) is 15.3 Å². The number of benzene rings is 2. The molecule has 0 aliphatic carbocycles. The van der Waals surface area contributed by atoms with Crippen LogP contribution in [0.15, 0.2) is 48.5 Å². The summed E-state index contributed by atoms with van der Waals surface area (Å²) in [6, 6.07) is 16.3. The van der Waals surface area contributed by atoms with E-state index < -0.39 is 0 Å². The molecule has 0 bridgehead atoms. The number of aryl methyl sites for hydroxylation is 1. The van der Waals surface area contributed by atoms with Gasteiger partial charge in [-0.15, -0.1) is 11.8 Å². The number of aromatic amines is 1. The van der Waals surface area contributed by atoms with E-state index in [-0.39, 0.29) is 17.9 Å². The van der Waals surface area contributed by atoms with Crippen molar-refractivity contribution in [1.29, 1.82) is 0 Å². The predicted molar refractivity (Wildman–Crippen MR) is 109 cm³/mol. The molecule has 0 fully saturated rings. The van der Waals surface area contributed by atoms with Gasteiger partial charge < -0.3 is 10.3 Å². The minimum absolute atomic E-state index is 0.0428. The van der Waals surface area contributed by atoms with Crippen LogP contribution in [0, 0.1) is 12.8 Å². The first-order valence-corrected chi connectivity index (χ1v) is 10.1. The zero-order valence-electron chi connectivity index (χ0n) is 15.5. The summed E-state index contributed by atoms with van der Waals surface area (Å²) < 4.78 is 0. The Kier molecular flexibility index (Phi) is 5.99. The van der Waals surface area contributed by atoms with Gasteiger partial charge in [-0.1, -0.05) is 55.8 Å². The number of aromatic nitrogens is 2. The fraction of sp³-hybridized carbons (Fsp3) is 0.333. The fourth-order valence-corrected chi connectivity index (χ4v) is 3.63. The zero-order chi connectivity index (χ0) is 18.5. The van der Waals surface area contributed by atoms with Gasteiger partial charge in [0.05, 0.1) is 22.8 Å². The van der Waals surface area contributed by atoms with Crippen molar-refractivity contribution in [3.63, 3.8) is 0 Å². The third-order valence-corrected chi connectivity index (χ3v) is 5.31. The van der Waals surface area contributed by atoms with Crippen molar-refractivity contribution in [2.24, 2.45) is 5.92 Å². The highest BCUT2D eigenvalue weighted by Gasteiger charge is 2.21. The normalized spacial score (nSPS) is 12.5.